The summed E-state index contributed by atoms with van der Waals surface area (Å²) in [6.07, 6.45) is 2.75. The molecule has 0 unspecified atom stereocenters. The van der Waals surface area contributed by atoms with Crippen LogP contribution in [0, 0.1) is 5.82 Å². The maximum Gasteiger partial charge on any atom is 0.136 e. The van der Waals surface area contributed by atoms with Gasteiger partial charge in [-0.2, -0.15) is 0 Å². The zero-order valence-corrected chi connectivity index (χ0v) is 9.85. The predicted octanol–water partition coefficient (Wildman–Crippen LogP) is 2.67. The Bertz CT molecular complexity index is 385. The van der Waals surface area contributed by atoms with Crippen molar-refractivity contribution >= 4 is 15.9 Å². The van der Waals surface area contributed by atoms with Crippen LogP contribution in [0.1, 0.15) is 24.8 Å². The van der Waals surface area contributed by atoms with Crippen LogP contribution in [0.15, 0.2) is 16.6 Å². The third-order valence-electron chi connectivity index (χ3n) is 3.31. The fourth-order valence-electron chi connectivity index (χ4n) is 2.21. The second-order valence-electron chi connectivity index (χ2n) is 4.09. The highest BCUT2D eigenvalue weighted by molar-refractivity contribution is 9.10. The third kappa shape index (κ3) is 1.56. The molecule has 3 N–H and O–H groups in total. The van der Waals surface area contributed by atoms with Crippen molar-refractivity contribution in [1.29, 1.82) is 0 Å². The van der Waals surface area contributed by atoms with Gasteiger partial charge in [0.05, 0.1) is 4.47 Å². The fraction of sp³-hybridized carbons (Fsp3) is 0.455. The number of phenols is 1. The average molecular weight is 274 g/mol. The van der Waals surface area contributed by atoms with Crippen molar-refractivity contribution in [2.75, 3.05) is 6.54 Å². The maximum absolute atomic E-state index is 13.7. The fourth-order valence-corrected chi connectivity index (χ4v) is 2.54. The molecule has 15 heavy (non-hydrogen) atoms. The van der Waals surface area contributed by atoms with Gasteiger partial charge in [-0.15, -0.1) is 0 Å². The minimum atomic E-state index is -0.360. The molecule has 0 aliphatic heterocycles. The lowest BCUT2D eigenvalue weighted by molar-refractivity contribution is 0.236. The Morgan fingerprint density at radius 2 is 2.13 bits per heavy atom. The highest BCUT2D eigenvalue weighted by Gasteiger charge is 2.41. The molecule has 2 rings (SSSR count). The Labute approximate surface area is 96.4 Å². The van der Waals surface area contributed by atoms with Gasteiger partial charge in [0.1, 0.15) is 11.6 Å². The first kappa shape index (κ1) is 10.9. The normalized spacial score (nSPS) is 18.6. The van der Waals surface area contributed by atoms with E-state index >= 15 is 0 Å². The van der Waals surface area contributed by atoms with Gasteiger partial charge in [0.25, 0.3) is 0 Å². The van der Waals surface area contributed by atoms with Gasteiger partial charge < -0.3 is 10.8 Å². The SMILES string of the molecule is NCC1(c2c(F)ccc(Br)c2O)CCC1. The van der Waals surface area contributed by atoms with Gasteiger partial charge in [0, 0.05) is 17.5 Å². The minimum absolute atomic E-state index is 0.000139. The van der Waals surface area contributed by atoms with Crippen molar-refractivity contribution in [3.63, 3.8) is 0 Å². The van der Waals surface area contributed by atoms with Crippen molar-refractivity contribution < 1.29 is 9.50 Å². The van der Waals surface area contributed by atoms with Crippen LogP contribution in [0.4, 0.5) is 4.39 Å². The number of halogens is 2. The van der Waals surface area contributed by atoms with Crippen molar-refractivity contribution in [1.82, 2.24) is 0 Å². The molecule has 0 amide bonds. The van der Waals surface area contributed by atoms with E-state index in [1.807, 2.05) is 0 Å². The van der Waals surface area contributed by atoms with E-state index in [0.29, 0.717) is 16.6 Å². The number of aromatic hydroxyl groups is 1. The van der Waals surface area contributed by atoms with E-state index in [4.69, 9.17) is 5.73 Å². The van der Waals surface area contributed by atoms with E-state index in [-0.39, 0.29) is 17.0 Å². The van der Waals surface area contributed by atoms with Crippen molar-refractivity contribution in [3.05, 3.63) is 28.0 Å². The Morgan fingerprint density at radius 1 is 1.47 bits per heavy atom. The molecule has 0 saturated heterocycles. The summed E-state index contributed by atoms with van der Waals surface area (Å²) in [6, 6.07) is 2.88. The Kier molecular flexibility index (Phi) is 2.73. The first-order chi connectivity index (χ1) is 7.10. The summed E-state index contributed by atoms with van der Waals surface area (Å²) >= 11 is 3.20. The zero-order chi connectivity index (χ0) is 11.1. The third-order valence-corrected chi connectivity index (χ3v) is 3.95. The first-order valence-electron chi connectivity index (χ1n) is 4.98. The minimum Gasteiger partial charge on any atom is -0.506 e. The molecule has 0 atom stereocenters. The molecule has 0 heterocycles. The Hall–Kier alpha value is -0.610. The monoisotopic (exact) mass is 273 g/mol. The van der Waals surface area contributed by atoms with Gasteiger partial charge in [-0.3, -0.25) is 0 Å². The zero-order valence-electron chi connectivity index (χ0n) is 8.26. The first-order valence-corrected chi connectivity index (χ1v) is 5.77. The van der Waals surface area contributed by atoms with Crippen molar-refractivity contribution in [2.45, 2.75) is 24.7 Å². The number of hydrogen-bond acceptors (Lipinski definition) is 2. The molecule has 1 aromatic carbocycles. The van der Waals surface area contributed by atoms with Crippen molar-refractivity contribution in [3.8, 4) is 5.75 Å². The van der Waals surface area contributed by atoms with E-state index < -0.39 is 0 Å². The van der Waals surface area contributed by atoms with E-state index in [2.05, 4.69) is 15.9 Å². The lowest BCUT2D eigenvalue weighted by atomic mass is 9.64. The molecule has 1 fully saturated rings. The van der Waals surface area contributed by atoms with Crippen molar-refractivity contribution in [2.24, 2.45) is 5.73 Å². The molecule has 0 aromatic heterocycles. The quantitative estimate of drug-likeness (QED) is 0.871. The second-order valence-corrected chi connectivity index (χ2v) is 4.95. The number of phenolic OH excluding ortho intramolecular Hbond substituents is 1. The molecule has 1 aromatic rings. The molecule has 1 aliphatic rings. The van der Waals surface area contributed by atoms with Crippen LogP contribution < -0.4 is 5.73 Å². The van der Waals surface area contributed by atoms with E-state index in [9.17, 15) is 9.50 Å². The molecule has 82 valence electrons. The highest BCUT2D eigenvalue weighted by Crippen LogP contribution is 2.48. The van der Waals surface area contributed by atoms with Crippen LogP contribution in [0.3, 0.4) is 0 Å². The average Bonchev–Trinajstić information content (AvgIpc) is 2.16. The van der Waals surface area contributed by atoms with Gasteiger partial charge in [0.15, 0.2) is 0 Å². The molecule has 2 nitrogen and oxygen atoms in total. The smallest absolute Gasteiger partial charge is 0.136 e. The molecule has 0 bridgehead atoms. The van der Waals surface area contributed by atoms with Crippen LogP contribution in [0.5, 0.6) is 5.75 Å². The van der Waals surface area contributed by atoms with E-state index in [1.165, 1.54) is 12.1 Å². The van der Waals surface area contributed by atoms with E-state index in [0.717, 1.165) is 19.3 Å². The van der Waals surface area contributed by atoms with Crippen LogP contribution in [-0.2, 0) is 5.41 Å². The van der Waals surface area contributed by atoms with Crippen LogP contribution in [-0.4, -0.2) is 11.7 Å². The number of rotatable bonds is 2. The molecule has 4 heteroatoms. The largest absolute Gasteiger partial charge is 0.506 e. The van der Waals surface area contributed by atoms with Gasteiger partial charge in [-0.25, -0.2) is 4.39 Å². The van der Waals surface area contributed by atoms with Crippen LogP contribution >= 0.6 is 15.9 Å². The predicted molar refractivity (Wildman–Crippen MR) is 60.3 cm³/mol. The van der Waals surface area contributed by atoms with Gasteiger partial charge in [-0.05, 0) is 40.9 Å². The Morgan fingerprint density at radius 3 is 2.60 bits per heavy atom. The summed E-state index contributed by atoms with van der Waals surface area (Å²) in [5.41, 5.74) is 5.73. The van der Waals surface area contributed by atoms with Crippen LogP contribution in [0.25, 0.3) is 0 Å². The molecular weight excluding hydrogens is 261 g/mol. The van der Waals surface area contributed by atoms with Crippen LogP contribution in [0.2, 0.25) is 0 Å². The summed E-state index contributed by atoms with van der Waals surface area (Å²) in [4.78, 5) is 0. The van der Waals surface area contributed by atoms with Gasteiger partial charge in [0.2, 0.25) is 0 Å². The molecule has 0 radical (unpaired) electrons. The summed E-state index contributed by atoms with van der Waals surface area (Å²) in [5, 5.41) is 9.87. The number of nitrogens with two attached hydrogens (primary N) is 1. The molecule has 0 spiro atoms. The summed E-state index contributed by atoms with van der Waals surface area (Å²) in [7, 11) is 0. The van der Waals surface area contributed by atoms with Gasteiger partial charge >= 0.3 is 0 Å². The second kappa shape index (κ2) is 3.76. The summed E-state index contributed by atoms with van der Waals surface area (Å²) in [6.45, 7) is 0.383. The summed E-state index contributed by atoms with van der Waals surface area (Å²) in [5.74, 6) is -0.360. The molecule has 1 saturated carbocycles. The topological polar surface area (TPSA) is 46.2 Å². The van der Waals surface area contributed by atoms with Gasteiger partial charge in [-0.1, -0.05) is 6.42 Å². The number of hydrogen-bond donors (Lipinski definition) is 2. The lowest BCUT2D eigenvalue weighted by Gasteiger charge is -2.41. The highest BCUT2D eigenvalue weighted by atomic mass is 79.9. The Balaban J connectivity index is 2.55. The standard InChI is InChI=1S/C11H13BrFNO/c12-7-2-3-8(13)9(10(7)15)11(6-14)4-1-5-11/h2-3,15H,1,4-6,14H2. The molecular formula is C11H13BrFNO. The lowest BCUT2D eigenvalue weighted by Crippen LogP contribution is -2.42. The molecule has 1 aliphatic carbocycles. The summed E-state index contributed by atoms with van der Waals surface area (Å²) < 4.78 is 14.2. The number of benzene rings is 1. The maximum atomic E-state index is 13.7. The van der Waals surface area contributed by atoms with E-state index in [1.54, 1.807) is 0 Å².